The summed E-state index contributed by atoms with van der Waals surface area (Å²) in [5.74, 6) is 0.715. The first kappa shape index (κ1) is 16.1. The van der Waals surface area contributed by atoms with Gasteiger partial charge in [-0.25, -0.2) is 0 Å². The average Bonchev–Trinajstić information content (AvgIpc) is 2.65. The Balaban J connectivity index is 1.62. The molecule has 0 spiro atoms. The van der Waals surface area contributed by atoms with Gasteiger partial charge in [-0.1, -0.05) is 60.7 Å². The zero-order chi connectivity index (χ0) is 16.8. The molecule has 0 aliphatic carbocycles. The van der Waals surface area contributed by atoms with E-state index in [9.17, 15) is 4.79 Å². The summed E-state index contributed by atoms with van der Waals surface area (Å²) in [7, 11) is 0. The summed E-state index contributed by atoms with van der Waals surface area (Å²) in [5, 5.41) is 2.27. The number of likely N-dealkylation sites (N-methyl/N-ethyl adjacent to an activating group) is 1. The minimum absolute atomic E-state index is 0.00508. The third-order valence-electron chi connectivity index (χ3n) is 4.03. The molecule has 0 radical (unpaired) electrons. The van der Waals surface area contributed by atoms with Crippen LogP contribution in [0, 0.1) is 0 Å². The van der Waals surface area contributed by atoms with Gasteiger partial charge in [-0.2, -0.15) is 0 Å². The Labute approximate surface area is 142 Å². The van der Waals surface area contributed by atoms with E-state index in [-0.39, 0.29) is 12.5 Å². The molecule has 3 rings (SSSR count). The smallest absolute Gasteiger partial charge is 0.260 e. The maximum atomic E-state index is 12.4. The van der Waals surface area contributed by atoms with Gasteiger partial charge < -0.3 is 9.64 Å². The zero-order valence-electron chi connectivity index (χ0n) is 13.8. The number of fused-ring (bicyclic) bond motifs is 1. The van der Waals surface area contributed by atoms with E-state index < -0.39 is 0 Å². The van der Waals surface area contributed by atoms with Crippen molar-refractivity contribution in [3.05, 3.63) is 78.4 Å². The second-order valence-corrected chi connectivity index (χ2v) is 5.69. The molecular formula is C21H21NO2. The maximum absolute atomic E-state index is 12.4. The third-order valence-corrected chi connectivity index (χ3v) is 4.03. The molecule has 122 valence electrons. The van der Waals surface area contributed by atoms with E-state index in [1.165, 1.54) is 0 Å². The van der Waals surface area contributed by atoms with Gasteiger partial charge in [0.05, 0.1) is 0 Å². The van der Waals surface area contributed by atoms with Gasteiger partial charge in [0, 0.05) is 13.1 Å². The number of amides is 1. The van der Waals surface area contributed by atoms with Crippen molar-refractivity contribution in [2.24, 2.45) is 0 Å². The number of ether oxygens (including phenoxy) is 1. The van der Waals surface area contributed by atoms with Crippen molar-refractivity contribution in [2.75, 3.05) is 13.2 Å². The van der Waals surface area contributed by atoms with Gasteiger partial charge in [-0.05, 0) is 35.4 Å². The van der Waals surface area contributed by atoms with Crippen LogP contribution in [0.4, 0.5) is 0 Å². The SMILES string of the molecule is CCN(Cc1ccccc1)C(=O)COc1ccc2ccccc2c1. The van der Waals surface area contributed by atoms with Crippen LogP contribution in [0.2, 0.25) is 0 Å². The van der Waals surface area contributed by atoms with Crippen LogP contribution >= 0.6 is 0 Å². The molecule has 0 aliphatic heterocycles. The van der Waals surface area contributed by atoms with Crippen molar-refractivity contribution >= 4 is 16.7 Å². The number of carbonyl (C=O) groups is 1. The zero-order valence-corrected chi connectivity index (χ0v) is 13.8. The molecule has 3 nitrogen and oxygen atoms in total. The van der Waals surface area contributed by atoms with Crippen molar-refractivity contribution in [1.29, 1.82) is 0 Å². The lowest BCUT2D eigenvalue weighted by atomic mass is 10.1. The van der Waals surface area contributed by atoms with Crippen molar-refractivity contribution in [2.45, 2.75) is 13.5 Å². The summed E-state index contributed by atoms with van der Waals surface area (Å²) >= 11 is 0. The summed E-state index contributed by atoms with van der Waals surface area (Å²) in [5.41, 5.74) is 1.12. The molecular weight excluding hydrogens is 298 g/mol. The van der Waals surface area contributed by atoms with E-state index in [4.69, 9.17) is 4.74 Å². The Morgan fingerprint density at radius 1 is 0.917 bits per heavy atom. The van der Waals surface area contributed by atoms with Crippen LogP contribution in [0.25, 0.3) is 10.8 Å². The van der Waals surface area contributed by atoms with Gasteiger partial charge in [0.25, 0.3) is 5.91 Å². The first-order chi connectivity index (χ1) is 11.8. The van der Waals surface area contributed by atoms with Gasteiger partial charge in [0.2, 0.25) is 0 Å². The lowest BCUT2D eigenvalue weighted by Crippen LogP contribution is -2.34. The highest BCUT2D eigenvalue weighted by atomic mass is 16.5. The van der Waals surface area contributed by atoms with Crippen LogP contribution in [-0.4, -0.2) is 24.0 Å². The second-order valence-electron chi connectivity index (χ2n) is 5.69. The number of benzene rings is 3. The van der Waals surface area contributed by atoms with E-state index in [0.29, 0.717) is 13.1 Å². The van der Waals surface area contributed by atoms with Gasteiger partial charge in [0.1, 0.15) is 5.75 Å². The standard InChI is InChI=1S/C21H21NO2/c1-2-22(15-17-8-4-3-5-9-17)21(23)16-24-20-13-12-18-10-6-7-11-19(18)14-20/h3-14H,2,15-16H2,1H3. The highest BCUT2D eigenvalue weighted by molar-refractivity contribution is 5.84. The summed E-state index contributed by atoms with van der Waals surface area (Å²) in [6, 6.07) is 24.0. The highest BCUT2D eigenvalue weighted by Crippen LogP contribution is 2.20. The normalized spacial score (nSPS) is 10.5. The van der Waals surface area contributed by atoms with Crippen molar-refractivity contribution in [3.8, 4) is 5.75 Å². The number of hydrogen-bond donors (Lipinski definition) is 0. The molecule has 0 bridgehead atoms. The van der Waals surface area contributed by atoms with Crippen molar-refractivity contribution in [3.63, 3.8) is 0 Å². The average molecular weight is 319 g/mol. The van der Waals surface area contributed by atoms with Crippen LogP contribution in [0.15, 0.2) is 72.8 Å². The summed E-state index contributed by atoms with van der Waals surface area (Å²) in [6.07, 6.45) is 0. The third kappa shape index (κ3) is 3.93. The van der Waals surface area contributed by atoms with Gasteiger partial charge in [-0.3, -0.25) is 4.79 Å². The van der Waals surface area contributed by atoms with Gasteiger partial charge >= 0.3 is 0 Å². The lowest BCUT2D eigenvalue weighted by Gasteiger charge is -2.21. The second kappa shape index (κ2) is 7.64. The van der Waals surface area contributed by atoms with E-state index in [1.807, 2.05) is 73.7 Å². The van der Waals surface area contributed by atoms with Crippen LogP contribution in [0.5, 0.6) is 5.75 Å². The first-order valence-electron chi connectivity index (χ1n) is 8.19. The fourth-order valence-electron chi connectivity index (χ4n) is 2.67. The van der Waals surface area contributed by atoms with Crippen molar-refractivity contribution < 1.29 is 9.53 Å². The molecule has 3 aromatic carbocycles. The van der Waals surface area contributed by atoms with Crippen LogP contribution in [0.3, 0.4) is 0 Å². The molecule has 0 N–H and O–H groups in total. The number of nitrogens with zero attached hydrogens (tertiary/aromatic N) is 1. The summed E-state index contributed by atoms with van der Waals surface area (Å²) in [6.45, 7) is 3.31. The minimum Gasteiger partial charge on any atom is -0.484 e. The fraction of sp³-hybridized carbons (Fsp3) is 0.190. The van der Waals surface area contributed by atoms with Crippen LogP contribution in [-0.2, 0) is 11.3 Å². The molecule has 1 amide bonds. The van der Waals surface area contributed by atoms with Crippen LogP contribution in [0.1, 0.15) is 12.5 Å². The summed E-state index contributed by atoms with van der Waals surface area (Å²) in [4.78, 5) is 14.2. The van der Waals surface area contributed by atoms with E-state index >= 15 is 0 Å². The molecule has 0 unspecified atom stereocenters. The Kier molecular flexibility index (Phi) is 5.12. The largest absolute Gasteiger partial charge is 0.484 e. The monoisotopic (exact) mass is 319 g/mol. The molecule has 0 atom stereocenters. The van der Waals surface area contributed by atoms with E-state index in [2.05, 4.69) is 6.07 Å². The van der Waals surface area contributed by atoms with Crippen LogP contribution < -0.4 is 4.74 Å². The quantitative estimate of drug-likeness (QED) is 0.679. The Morgan fingerprint density at radius 3 is 2.38 bits per heavy atom. The molecule has 0 fully saturated rings. The molecule has 3 heteroatoms. The summed E-state index contributed by atoms with van der Waals surface area (Å²) < 4.78 is 5.71. The van der Waals surface area contributed by atoms with Gasteiger partial charge in [0.15, 0.2) is 6.61 Å². The Hall–Kier alpha value is -2.81. The topological polar surface area (TPSA) is 29.5 Å². The molecule has 0 heterocycles. The predicted octanol–water partition coefficient (Wildman–Crippen LogP) is 4.27. The predicted molar refractivity (Wildman–Crippen MR) is 97.0 cm³/mol. The van der Waals surface area contributed by atoms with Gasteiger partial charge in [-0.15, -0.1) is 0 Å². The Bertz CT molecular complexity index is 814. The van der Waals surface area contributed by atoms with Crippen molar-refractivity contribution in [1.82, 2.24) is 4.90 Å². The van der Waals surface area contributed by atoms with E-state index in [1.54, 1.807) is 4.90 Å². The number of carbonyl (C=O) groups excluding carboxylic acids is 1. The lowest BCUT2D eigenvalue weighted by molar-refractivity contribution is -0.133. The molecule has 0 aromatic heterocycles. The molecule has 3 aromatic rings. The number of rotatable bonds is 6. The molecule has 0 aliphatic rings. The fourth-order valence-corrected chi connectivity index (χ4v) is 2.67. The molecule has 0 saturated heterocycles. The first-order valence-corrected chi connectivity index (χ1v) is 8.19. The Morgan fingerprint density at radius 2 is 1.62 bits per heavy atom. The van der Waals surface area contributed by atoms with E-state index in [0.717, 1.165) is 22.1 Å². The highest BCUT2D eigenvalue weighted by Gasteiger charge is 2.13. The maximum Gasteiger partial charge on any atom is 0.260 e. The number of hydrogen-bond acceptors (Lipinski definition) is 2. The molecule has 0 saturated carbocycles. The molecule has 24 heavy (non-hydrogen) atoms. The minimum atomic E-state index is -0.00508.